The van der Waals surface area contributed by atoms with Crippen LogP contribution in [0, 0.1) is 35.5 Å². The Bertz CT molecular complexity index is 1890. The molecule has 1 amide bonds. The Hall–Kier alpha value is -3.08. The maximum absolute atomic E-state index is 14.6. The number of rotatable bonds is 9. The summed E-state index contributed by atoms with van der Waals surface area (Å²) >= 11 is 0. The summed E-state index contributed by atoms with van der Waals surface area (Å²) in [6.45, 7) is 24.7. The van der Waals surface area contributed by atoms with Crippen LogP contribution in [0.5, 0.6) is 0 Å². The Balaban J connectivity index is 1.69. The standard InChI is InChI=1S/C56H91NO12Si/c1-35-20-16-15-17-21-36(2)48(64-9)32-44-25-23-41(7)56(63,69-44)53(60)54(61)57-27-19-18-22-45(57)55(62)68-49(39(5)30-43-24-26-47(50(31-43)65-10)67-34-70(12,13)14)33-46(58)38(4)29-40(6)51(59)52(66-11)42(8)37(3)28-35/h15-17,20-21,29,35,37-39,41,43-45,47-52,59,63H,8,18-19,22-28,30-34H2,1-7,9-14H3/b17-15+,20-16+,36-21+,40-29+/t35-,37-,38-,39-,41-,43+,44+,45+,47-,48+,49+,50-,51-,52+,56-/m1/s1. The zero-order valence-electron chi connectivity index (χ0n) is 45.1. The molecule has 1 saturated carbocycles. The molecule has 0 aromatic rings. The van der Waals surface area contributed by atoms with Gasteiger partial charge in [0.25, 0.3) is 11.7 Å². The molecule has 0 unspecified atom stereocenters. The van der Waals surface area contributed by atoms with E-state index < -0.39 is 73.8 Å². The molecule has 3 aliphatic heterocycles. The largest absolute Gasteiger partial charge is 0.460 e. The number of cyclic esters (lactones) is 1. The van der Waals surface area contributed by atoms with E-state index in [4.69, 9.17) is 28.4 Å². The normalized spacial score (nSPS) is 38.6. The van der Waals surface area contributed by atoms with Gasteiger partial charge in [-0.3, -0.25) is 14.4 Å². The second kappa shape index (κ2) is 27.3. The summed E-state index contributed by atoms with van der Waals surface area (Å²) in [6, 6.07) is -1.10. The first-order valence-electron chi connectivity index (χ1n) is 26.2. The van der Waals surface area contributed by atoms with Crippen LogP contribution in [0.15, 0.2) is 59.8 Å². The van der Waals surface area contributed by atoms with E-state index in [0.717, 1.165) is 43.1 Å². The molecule has 13 nitrogen and oxygen atoms in total. The van der Waals surface area contributed by atoms with Crippen molar-refractivity contribution in [3.8, 4) is 0 Å². The number of allylic oxidation sites excluding steroid dienone is 6. The Morgan fingerprint density at radius 1 is 0.871 bits per heavy atom. The fourth-order valence-electron chi connectivity index (χ4n) is 10.8. The molecule has 2 saturated heterocycles. The number of methoxy groups -OCH3 is 3. The van der Waals surface area contributed by atoms with E-state index in [1.54, 1.807) is 48.2 Å². The first-order chi connectivity index (χ1) is 32.9. The quantitative estimate of drug-likeness (QED) is 0.0975. The van der Waals surface area contributed by atoms with Gasteiger partial charge in [0.2, 0.25) is 5.79 Å². The molecule has 0 aromatic heterocycles. The number of hydrogen-bond donors (Lipinski definition) is 2. The average Bonchev–Trinajstić information content (AvgIpc) is 3.32. The highest BCUT2D eigenvalue weighted by Crippen LogP contribution is 2.38. The third kappa shape index (κ3) is 16.5. The highest BCUT2D eigenvalue weighted by atomic mass is 28.3. The highest BCUT2D eigenvalue weighted by Gasteiger charge is 2.53. The summed E-state index contributed by atoms with van der Waals surface area (Å²) in [7, 11) is 3.43. The maximum atomic E-state index is 14.6. The second-order valence-corrected chi connectivity index (χ2v) is 28.0. The van der Waals surface area contributed by atoms with Crippen molar-refractivity contribution in [1.82, 2.24) is 4.90 Å². The molecule has 0 aromatic carbocycles. The number of amides is 1. The van der Waals surface area contributed by atoms with Crippen LogP contribution in [0.3, 0.4) is 0 Å². The monoisotopic (exact) mass is 998 g/mol. The Kier molecular flexibility index (Phi) is 23.2. The van der Waals surface area contributed by atoms with Crippen molar-refractivity contribution in [3.05, 3.63) is 59.8 Å². The van der Waals surface area contributed by atoms with Crippen LogP contribution in [0.2, 0.25) is 19.6 Å². The van der Waals surface area contributed by atoms with Gasteiger partial charge in [0.05, 0.1) is 32.5 Å². The lowest BCUT2D eigenvalue weighted by molar-refractivity contribution is -0.265. The molecule has 1 aliphatic carbocycles. The summed E-state index contributed by atoms with van der Waals surface area (Å²) in [5.41, 5.74) is 2.24. The molecule has 3 heterocycles. The van der Waals surface area contributed by atoms with Gasteiger partial charge in [-0.2, -0.15) is 0 Å². The molecule has 4 aliphatic rings. The second-order valence-electron chi connectivity index (χ2n) is 22.6. The van der Waals surface area contributed by atoms with E-state index in [2.05, 4.69) is 46.1 Å². The molecule has 70 heavy (non-hydrogen) atoms. The Labute approximate surface area is 421 Å². The van der Waals surface area contributed by atoms with E-state index >= 15 is 0 Å². The topological polar surface area (TPSA) is 167 Å². The molecule has 15 atom stereocenters. The number of Topliss-reactive ketones (excluding diaryl/α,β-unsaturated/α-hetero) is 2. The third-order valence-electron chi connectivity index (χ3n) is 15.4. The van der Waals surface area contributed by atoms with Gasteiger partial charge in [0.15, 0.2) is 0 Å². The number of hydrogen-bond acceptors (Lipinski definition) is 12. The zero-order chi connectivity index (χ0) is 52.1. The van der Waals surface area contributed by atoms with Gasteiger partial charge in [0, 0.05) is 58.8 Å². The number of carbonyl (C=O) groups excluding carboxylic acids is 4. The highest BCUT2D eigenvalue weighted by molar-refractivity contribution is 6.76. The molecule has 3 fully saturated rings. The fraction of sp³-hybridized carbons (Fsp3) is 0.750. The summed E-state index contributed by atoms with van der Waals surface area (Å²) in [5, 5.41) is 23.7. The van der Waals surface area contributed by atoms with Crippen LogP contribution in [0.4, 0.5) is 0 Å². The predicted molar refractivity (Wildman–Crippen MR) is 276 cm³/mol. The molecule has 0 radical (unpaired) electrons. The lowest BCUT2D eigenvalue weighted by Crippen LogP contribution is -2.61. The van der Waals surface area contributed by atoms with E-state index in [1.165, 1.54) is 4.90 Å². The average molecular weight is 998 g/mol. The van der Waals surface area contributed by atoms with Crippen LogP contribution >= 0.6 is 0 Å². The molecule has 14 heteroatoms. The van der Waals surface area contributed by atoms with E-state index in [0.29, 0.717) is 44.1 Å². The zero-order valence-corrected chi connectivity index (χ0v) is 46.1. The lowest BCUT2D eigenvalue weighted by Gasteiger charge is -2.42. The molecule has 2 N–H and O–H groups in total. The number of esters is 1. The van der Waals surface area contributed by atoms with E-state index in [1.807, 2.05) is 38.2 Å². The molecule has 2 bridgehead atoms. The van der Waals surface area contributed by atoms with Crippen LogP contribution in [-0.4, -0.2) is 135 Å². The molecular weight excluding hydrogens is 907 g/mol. The van der Waals surface area contributed by atoms with Crippen molar-refractivity contribution in [2.45, 2.75) is 200 Å². The lowest BCUT2D eigenvalue weighted by atomic mass is 9.78. The van der Waals surface area contributed by atoms with Crippen LogP contribution in [-0.2, 0) is 47.6 Å². The molecule has 4 rings (SSSR count). The minimum atomic E-state index is -2.41. The van der Waals surface area contributed by atoms with Crippen LogP contribution in [0.25, 0.3) is 0 Å². The maximum Gasteiger partial charge on any atom is 0.329 e. The van der Waals surface area contributed by atoms with Gasteiger partial charge < -0.3 is 43.5 Å². The van der Waals surface area contributed by atoms with Crippen LogP contribution < -0.4 is 0 Å². The summed E-state index contributed by atoms with van der Waals surface area (Å²) in [5.74, 6) is -6.58. The minimum Gasteiger partial charge on any atom is -0.460 e. The van der Waals surface area contributed by atoms with Gasteiger partial charge >= 0.3 is 5.97 Å². The van der Waals surface area contributed by atoms with Gasteiger partial charge in [-0.1, -0.05) is 97.3 Å². The van der Waals surface area contributed by atoms with Crippen molar-refractivity contribution in [2.24, 2.45) is 35.5 Å². The fourth-order valence-corrected chi connectivity index (χ4v) is 11.5. The summed E-state index contributed by atoms with van der Waals surface area (Å²) in [6.07, 6.45) is 15.3. The third-order valence-corrected chi connectivity index (χ3v) is 16.4. The Morgan fingerprint density at radius 2 is 1.59 bits per heavy atom. The first-order valence-corrected chi connectivity index (χ1v) is 29.9. The molecule has 396 valence electrons. The number of aliphatic hydroxyl groups is 2. The number of fused-ring (bicyclic) bond motifs is 3. The number of piperidine rings is 1. The number of aliphatic hydroxyl groups excluding tert-OH is 1. The molecular formula is C56H91NO12Si. The SMILES string of the molecule is C=C1[C@H](C)C[C@H](C)/C=C/C=C/C=C(\C)[C@@H](OC)C[C@@H]2CC[C@@H](C)[C@@](O)(O2)C(=O)C(=O)N2CCCC[C@H]2C(=O)O[C@H]([C@H](C)C[C@@H]2CC[C@@H](OC[Si](C)(C)C)[C@H](OC)C2)CC(=O)[C@H](C)/C=C(\C)[C@@H](O)[C@H]1OC. The van der Waals surface area contributed by atoms with E-state index in [-0.39, 0.29) is 67.2 Å². The van der Waals surface area contributed by atoms with Gasteiger partial charge in [-0.15, -0.1) is 0 Å². The van der Waals surface area contributed by atoms with Crippen molar-refractivity contribution in [3.63, 3.8) is 0 Å². The number of ketones is 2. The van der Waals surface area contributed by atoms with Crippen molar-refractivity contribution in [1.29, 1.82) is 0 Å². The molecule has 0 spiro atoms. The first kappa shape index (κ1) is 59.5. The smallest absolute Gasteiger partial charge is 0.329 e. The number of nitrogens with zero attached hydrogens (tertiary/aromatic N) is 1. The minimum absolute atomic E-state index is 0.00210. The van der Waals surface area contributed by atoms with E-state index in [9.17, 15) is 29.4 Å². The summed E-state index contributed by atoms with van der Waals surface area (Å²) < 4.78 is 36.7. The van der Waals surface area contributed by atoms with Crippen LogP contribution in [0.1, 0.15) is 126 Å². The van der Waals surface area contributed by atoms with Gasteiger partial charge in [-0.25, -0.2) is 4.79 Å². The Morgan fingerprint density at radius 3 is 2.24 bits per heavy atom. The van der Waals surface area contributed by atoms with Crippen molar-refractivity contribution >= 4 is 31.5 Å². The van der Waals surface area contributed by atoms with Gasteiger partial charge in [0.1, 0.15) is 30.1 Å². The summed E-state index contributed by atoms with van der Waals surface area (Å²) in [4.78, 5) is 58.8. The van der Waals surface area contributed by atoms with Crippen molar-refractivity contribution in [2.75, 3.05) is 34.1 Å². The van der Waals surface area contributed by atoms with Crippen molar-refractivity contribution < 1.29 is 57.8 Å². The number of ether oxygens (including phenoxy) is 6. The number of carbonyl (C=O) groups is 4. The van der Waals surface area contributed by atoms with Gasteiger partial charge in [-0.05, 0) is 118 Å². The predicted octanol–water partition coefficient (Wildman–Crippen LogP) is 9.07.